The Balaban J connectivity index is 1.52. The first-order chi connectivity index (χ1) is 15.5. The molecule has 0 radical (unpaired) electrons. The number of hydrogen-bond donors (Lipinski definition) is 3. The average molecular weight is 458 g/mol. The molecule has 1 aliphatic carbocycles. The van der Waals surface area contributed by atoms with Gasteiger partial charge in [0.1, 0.15) is 0 Å². The van der Waals surface area contributed by atoms with Gasteiger partial charge in [0.15, 0.2) is 0 Å². The molecule has 0 aromatic heterocycles. The molecule has 4 atom stereocenters. The van der Waals surface area contributed by atoms with Crippen LogP contribution in [0.2, 0.25) is 0 Å². The maximum absolute atomic E-state index is 11.7. The van der Waals surface area contributed by atoms with Gasteiger partial charge < -0.3 is 20.4 Å². The fourth-order valence-corrected chi connectivity index (χ4v) is 6.79. The first-order valence-corrected chi connectivity index (χ1v) is 12.8. The number of β-amino-alcohol motifs (C(OH)–C–C–N with tert-alkyl or cyclic N) is 1. The van der Waals surface area contributed by atoms with E-state index in [9.17, 15) is 15.0 Å². The quantitative estimate of drug-likeness (QED) is 0.633. The van der Waals surface area contributed by atoms with E-state index in [-0.39, 0.29) is 23.4 Å². The van der Waals surface area contributed by atoms with Crippen molar-refractivity contribution in [2.45, 2.75) is 95.9 Å². The molecule has 0 unspecified atom stereocenters. The van der Waals surface area contributed by atoms with Gasteiger partial charge in [-0.05, 0) is 57.6 Å². The normalized spacial score (nSPS) is 34.5. The van der Waals surface area contributed by atoms with Crippen molar-refractivity contribution in [3.05, 3.63) is 29.8 Å². The minimum absolute atomic E-state index is 0.0239. The number of nitrogens with zero attached hydrogens (tertiary/aromatic N) is 2. The van der Waals surface area contributed by atoms with Crippen LogP contribution in [0.25, 0.3) is 0 Å². The molecule has 2 saturated heterocycles. The number of aryl methyl sites for hydroxylation is 1. The minimum Gasteiger partial charge on any atom is -0.390 e. The number of anilines is 1. The zero-order valence-corrected chi connectivity index (χ0v) is 20.9. The molecule has 6 heteroatoms. The van der Waals surface area contributed by atoms with Gasteiger partial charge in [0.25, 0.3) is 0 Å². The topological polar surface area (TPSA) is 76.0 Å². The Morgan fingerprint density at radius 3 is 2.48 bits per heavy atom. The van der Waals surface area contributed by atoms with Gasteiger partial charge in [-0.25, -0.2) is 0 Å². The summed E-state index contributed by atoms with van der Waals surface area (Å²) < 4.78 is 0. The SMILES string of the molecule is CC(=O)NC[C@H]1C[C@]2(C)[C@@H](CCCC[C@]2(C)O)N1CC1(O)CCN(c2ccccc2C)CC1. The Kier molecular flexibility index (Phi) is 6.83. The molecule has 6 nitrogen and oxygen atoms in total. The highest BCUT2D eigenvalue weighted by atomic mass is 16.3. The predicted octanol–water partition coefficient (Wildman–Crippen LogP) is 3.24. The van der Waals surface area contributed by atoms with Gasteiger partial charge in [-0.2, -0.15) is 0 Å². The smallest absolute Gasteiger partial charge is 0.216 e. The monoisotopic (exact) mass is 457 g/mol. The zero-order chi connectivity index (χ0) is 23.9. The van der Waals surface area contributed by atoms with Gasteiger partial charge in [-0.3, -0.25) is 9.69 Å². The molecule has 184 valence electrons. The van der Waals surface area contributed by atoms with Gasteiger partial charge >= 0.3 is 0 Å². The number of carbonyl (C=O) groups is 1. The Morgan fingerprint density at radius 2 is 1.82 bits per heavy atom. The third-order valence-corrected chi connectivity index (χ3v) is 9.10. The minimum atomic E-state index is -0.753. The number of benzene rings is 1. The van der Waals surface area contributed by atoms with E-state index in [0.29, 0.717) is 13.1 Å². The average Bonchev–Trinajstić information content (AvgIpc) is 2.96. The van der Waals surface area contributed by atoms with Crippen molar-refractivity contribution in [2.75, 3.05) is 31.1 Å². The van der Waals surface area contributed by atoms with E-state index in [1.165, 1.54) is 11.3 Å². The summed E-state index contributed by atoms with van der Waals surface area (Å²) in [5.41, 5.74) is 0.793. The summed E-state index contributed by atoms with van der Waals surface area (Å²) in [4.78, 5) is 16.6. The number of hydrogen-bond acceptors (Lipinski definition) is 5. The van der Waals surface area contributed by atoms with Crippen LogP contribution in [0.3, 0.4) is 0 Å². The third-order valence-electron chi connectivity index (χ3n) is 9.10. The summed E-state index contributed by atoms with van der Waals surface area (Å²) in [7, 11) is 0. The van der Waals surface area contributed by atoms with Crippen LogP contribution in [0.4, 0.5) is 5.69 Å². The molecule has 3 aliphatic rings. The van der Waals surface area contributed by atoms with Gasteiger partial charge in [0.05, 0.1) is 11.2 Å². The number of fused-ring (bicyclic) bond motifs is 1. The lowest BCUT2D eigenvalue weighted by Gasteiger charge is -2.47. The van der Waals surface area contributed by atoms with E-state index in [2.05, 4.69) is 53.2 Å². The van der Waals surface area contributed by atoms with Crippen molar-refractivity contribution in [3.8, 4) is 0 Å². The fraction of sp³-hybridized carbons (Fsp3) is 0.741. The van der Waals surface area contributed by atoms with E-state index >= 15 is 0 Å². The number of piperidine rings is 1. The summed E-state index contributed by atoms with van der Waals surface area (Å²) in [6.07, 6.45) is 6.29. The number of nitrogens with one attached hydrogen (secondary N) is 1. The van der Waals surface area contributed by atoms with Crippen LogP contribution in [0, 0.1) is 12.3 Å². The lowest BCUT2D eigenvalue weighted by Crippen LogP contribution is -2.57. The largest absolute Gasteiger partial charge is 0.390 e. The van der Waals surface area contributed by atoms with Crippen molar-refractivity contribution >= 4 is 11.6 Å². The van der Waals surface area contributed by atoms with E-state index in [0.717, 1.165) is 58.0 Å². The van der Waals surface area contributed by atoms with Crippen molar-refractivity contribution in [3.63, 3.8) is 0 Å². The molecular weight excluding hydrogens is 414 g/mol. The molecule has 2 aliphatic heterocycles. The summed E-state index contributed by atoms with van der Waals surface area (Å²) >= 11 is 0. The Labute approximate surface area is 199 Å². The van der Waals surface area contributed by atoms with Crippen LogP contribution in [0.5, 0.6) is 0 Å². The molecular formula is C27H43N3O3. The number of carbonyl (C=O) groups excluding carboxylic acids is 1. The molecule has 33 heavy (non-hydrogen) atoms. The van der Waals surface area contributed by atoms with E-state index in [4.69, 9.17) is 0 Å². The molecule has 0 spiro atoms. The molecule has 4 rings (SSSR count). The summed E-state index contributed by atoms with van der Waals surface area (Å²) in [6.45, 7) is 10.8. The number of aliphatic hydroxyl groups is 2. The second-order valence-corrected chi connectivity index (χ2v) is 11.4. The van der Waals surface area contributed by atoms with Gasteiger partial charge in [-0.1, -0.05) is 38.0 Å². The number of likely N-dealkylation sites (tertiary alicyclic amines) is 1. The highest BCUT2D eigenvalue weighted by Gasteiger charge is 2.58. The highest BCUT2D eigenvalue weighted by Crippen LogP contribution is 2.53. The predicted molar refractivity (Wildman–Crippen MR) is 132 cm³/mol. The van der Waals surface area contributed by atoms with Gasteiger partial charge in [-0.15, -0.1) is 0 Å². The lowest BCUT2D eigenvalue weighted by molar-refractivity contribution is -0.119. The first-order valence-electron chi connectivity index (χ1n) is 12.8. The molecule has 1 amide bonds. The second kappa shape index (κ2) is 9.20. The third kappa shape index (κ3) is 4.80. The van der Waals surface area contributed by atoms with Crippen LogP contribution < -0.4 is 10.2 Å². The molecule has 1 aromatic carbocycles. The molecule has 0 bridgehead atoms. The fourth-order valence-electron chi connectivity index (χ4n) is 6.79. The lowest BCUT2D eigenvalue weighted by atomic mass is 9.67. The first kappa shape index (κ1) is 24.5. The van der Waals surface area contributed by atoms with Gasteiger partial charge in [0.2, 0.25) is 5.91 Å². The highest BCUT2D eigenvalue weighted by molar-refractivity contribution is 5.72. The van der Waals surface area contributed by atoms with Crippen molar-refractivity contribution in [2.24, 2.45) is 5.41 Å². The molecule has 2 heterocycles. The van der Waals surface area contributed by atoms with Crippen molar-refractivity contribution in [1.29, 1.82) is 0 Å². The standard InChI is InChI=1S/C27H43N3O3/c1-20-9-5-6-10-23(20)29-15-13-27(33,14-16-29)19-30-22(18-28-21(2)31)17-25(3)24(30)11-7-8-12-26(25,4)32/h5-6,9-10,22,24,32-33H,7-8,11-19H2,1-4H3,(H,28,31)/t22-,24-,25-,26+/m1/s1. The Bertz CT molecular complexity index is 849. The van der Waals surface area contributed by atoms with Crippen LogP contribution in [-0.4, -0.2) is 70.5 Å². The van der Waals surface area contributed by atoms with Gasteiger partial charge in [0, 0.05) is 56.3 Å². The maximum atomic E-state index is 11.7. The molecule has 1 aromatic rings. The van der Waals surface area contributed by atoms with E-state index < -0.39 is 11.2 Å². The Hall–Kier alpha value is -1.63. The summed E-state index contributed by atoms with van der Waals surface area (Å²) in [6, 6.07) is 8.81. The number of rotatable bonds is 5. The summed E-state index contributed by atoms with van der Waals surface area (Å²) in [5.74, 6) is -0.0239. The summed E-state index contributed by atoms with van der Waals surface area (Å²) in [5, 5.41) is 26.2. The Morgan fingerprint density at radius 1 is 1.12 bits per heavy atom. The number of amides is 1. The van der Waals surface area contributed by atoms with Crippen molar-refractivity contribution < 1.29 is 15.0 Å². The number of para-hydroxylation sites is 1. The van der Waals surface area contributed by atoms with E-state index in [1.807, 2.05) is 6.92 Å². The zero-order valence-electron chi connectivity index (χ0n) is 20.9. The van der Waals surface area contributed by atoms with E-state index in [1.54, 1.807) is 6.92 Å². The van der Waals surface area contributed by atoms with Crippen molar-refractivity contribution in [1.82, 2.24) is 10.2 Å². The van der Waals surface area contributed by atoms with Crippen LogP contribution in [0.15, 0.2) is 24.3 Å². The second-order valence-electron chi connectivity index (χ2n) is 11.4. The molecule has 3 N–H and O–H groups in total. The molecule has 1 saturated carbocycles. The van der Waals surface area contributed by atoms with Crippen LogP contribution in [-0.2, 0) is 4.79 Å². The van der Waals surface area contributed by atoms with Crippen LogP contribution >= 0.6 is 0 Å². The maximum Gasteiger partial charge on any atom is 0.216 e. The van der Waals surface area contributed by atoms with Crippen LogP contribution in [0.1, 0.15) is 71.3 Å². The molecule has 3 fully saturated rings.